The fourth-order valence-electron chi connectivity index (χ4n) is 1.66. The zero-order chi connectivity index (χ0) is 11.9. The number of carboxylic acid groups (broad SMARTS) is 1. The van der Waals surface area contributed by atoms with Crippen molar-refractivity contribution in [3.8, 4) is 0 Å². The van der Waals surface area contributed by atoms with Crippen molar-refractivity contribution in [3.05, 3.63) is 0 Å². The molecule has 1 saturated carbocycles. The van der Waals surface area contributed by atoms with E-state index in [1.807, 2.05) is 0 Å². The van der Waals surface area contributed by atoms with Crippen LogP contribution in [0.15, 0.2) is 0 Å². The molecule has 1 aliphatic carbocycles. The fraction of sp³-hybridized carbons (Fsp3) is 0.875. The molecule has 0 aromatic heterocycles. The highest BCUT2D eigenvalue weighted by atomic mass is 19.4. The number of alkyl halides is 5. The van der Waals surface area contributed by atoms with Gasteiger partial charge < -0.3 is 5.11 Å². The third kappa shape index (κ3) is 2.05. The number of aliphatic carboxylic acids is 1. The molecule has 7 heteroatoms. The molecule has 0 spiro atoms. The topological polar surface area (TPSA) is 37.3 Å². The van der Waals surface area contributed by atoms with Crippen molar-refractivity contribution in [1.29, 1.82) is 0 Å². The third-order valence-electron chi connectivity index (χ3n) is 2.79. The highest BCUT2D eigenvalue weighted by Gasteiger charge is 2.63. The summed E-state index contributed by atoms with van der Waals surface area (Å²) in [6, 6.07) is 0. The highest BCUT2D eigenvalue weighted by Crippen LogP contribution is 2.52. The Labute approximate surface area is 82.1 Å². The second-order valence-corrected chi connectivity index (χ2v) is 3.74. The quantitative estimate of drug-likeness (QED) is 0.706. The highest BCUT2D eigenvalue weighted by molar-refractivity contribution is 5.75. The lowest BCUT2D eigenvalue weighted by Crippen LogP contribution is -2.49. The average molecular weight is 232 g/mol. The van der Waals surface area contributed by atoms with Crippen LogP contribution >= 0.6 is 0 Å². The van der Waals surface area contributed by atoms with E-state index in [4.69, 9.17) is 5.11 Å². The van der Waals surface area contributed by atoms with Crippen LogP contribution in [-0.4, -0.2) is 23.2 Å². The van der Waals surface area contributed by atoms with E-state index in [0.29, 0.717) is 0 Å². The average Bonchev–Trinajstić information content (AvgIpc) is 2.01. The van der Waals surface area contributed by atoms with Crippen molar-refractivity contribution in [2.24, 2.45) is 5.41 Å². The Morgan fingerprint density at radius 1 is 1.07 bits per heavy atom. The summed E-state index contributed by atoms with van der Waals surface area (Å²) in [5, 5.41) is 8.53. The molecule has 1 rings (SSSR count). The van der Waals surface area contributed by atoms with Crippen LogP contribution in [0.3, 0.4) is 0 Å². The summed E-state index contributed by atoms with van der Waals surface area (Å²) < 4.78 is 62.7. The first kappa shape index (κ1) is 12.2. The van der Waals surface area contributed by atoms with E-state index in [1.165, 1.54) is 0 Å². The summed E-state index contributed by atoms with van der Waals surface area (Å²) in [6.07, 6.45) is -9.15. The summed E-state index contributed by atoms with van der Waals surface area (Å²) in [6.45, 7) is 0. The molecule has 88 valence electrons. The molecule has 0 bridgehead atoms. The number of carboxylic acids is 1. The molecule has 0 saturated heterocycles. The maximum absolute atomic E-state index is 12.6. The summed E-state index contributed by atoms with van der Waals surface area (Å²) in [4.78, 5) is 10.6. The van der Waals surface area contributed by atoms with Gasteiger partial charge in [-0.05, 0) is 12.8 Å². The van der Waals surface area contributed by atoms with Crippen LogP contribution in [-0.2, 0) is 4.79 Å². The maximum atomic E-state index is 12.6. The normalized spacial score (nSPS) is 24.9. The lowest BCUT2D eigenvalue weighted by Gasteiger charge is -2.37. The van der Waals surface area contributed by atoms with E-state index >= 15 is 0 Å². The van der Waals surface area contributed by atoms with Gasteiger partial charge in [-0.2, -0.15) is 13.2 Å². The zero-order valence-electron chi connectivity index (χ0n) is 7.57. The molecular formula is C8H9F5O2. The summed E-state index contributed by atoms with van der Waals surface area (Å²) >= 11 is 0. The molecule has 0 unspecified atom stereocenters. The van der Waals surface area contributed by atoms with Crippen LogP contribution in [0, 0.1) is 5.41 Å². The molecule has 0 amide bonds. The number of hydrogen-bond acceptors (Lipinski definition) is 1. The molecule has 0 aromatic rings. The first-order valence-electron chi connectivity index (χ1n) is 4.29. The maximum Gasteiger partial charge on any atom is 0.404 e. The number of halogens is 5. The van der Waals surface area contributed by atoms with Gasteiger partial charge in [0.15, 0.2) is 5.41 Å². The molecule has 1 fully saturated rings. The van der Waals surface area contributed by atoms with Crippen molar-refractivity contribution in [1.82, 2.24) is 0 Å². The molecule has 2 nitrogen and oxygen atoms in total. The predicted octanol–water partition coefficient (Wildman–Crippen LogP) is 2.83. The second-order valence-electron chi connectivity index (χ2n) is 3.74. The van der Waals surface area contributed by atoms with Gasteiger partial charge in [0.25, 0.3) is 0 Å². The standard InChI is InChI=1S/C8H9F5O2/c9-7(10)3-1-6(2-4-7,5(14)15)8(11,12)13/h1-4H2,(H,14,15). The Morgan fingerprint density at radius 2 is 1.47 bits per heavy atom. The van der Waals surface area contributed by atoms with E-state index in [2.05, 4.69) is 0 Å². The fourth-order valence-corrected chi connectivity index (χ4v) is 1.66. The molecule has 0 atom stereocenters. The SMILES string of the molecule is O=C(O)C1(C(F)(F)F)CCC(F)(F)CC1. The van der Waals surface area contributed by atoms with Crippen LogP contribution < -0.4 is 0 Å². The Kier molecular flexibility index (Phi) is 2.69. The van der Waals surface area contributed by atoms with Crippen molar-refractivity contribution >= 4 is 5.97 Å². The largest absolute Gasteiger partial charge is 0.481 e. The van der Waals surface area contributed by atoms with Crippen LogP contribution in [0.2, 0.25) is 0 Å². The van der Waals surface area contributed by atoms with Gasteiger partial charge in [0.05, 0.1) is 0 Å². The lowest BCUT2D eigenvalue weighted by atomic mass is 9.72. The molecule has 0 aromatic carbocycles. The molecule has 0 heterocycles. The number of carbonyl (C=O) groups is 1. The minimum atomic E-state index is -4.98. The summed E-state index contributed by atoms with van der Waals surface area (Å²) in [7, 11) is 0. The molecular weight excluding hydrogens is 223 g/mol. The molecule has 1 aliphatic rings. The Bertz CT molecular complexity index is 261. The van der Waals surface area contributed by atoms with Crippen molar-refractivity contribution in [3.63, 3.8) is 0 Å². The van der Waals surface area contributed by atoms with E-state index in [9.17, 15) is 26.7 Å². The van der Waals surface area contributed by atoms with Gasteiger partial charge in [0.1, 0.15) is 0 Å². The van der Waals surface area contributed by atoms with Crippen LogP contribution in [0.25, 0.3) is 0 Å². The zero-order valence-corrected chi connectivity index (χ0v) is 7.57. The summed E-state index contributed by atoms with van der Waals surface area (Å²) in [5.74, 6) is -5.24. The van der Waals surface area contributed by atoms with Gasteiger partial charge in [-0.25, -0.2) is 8.78 Å². The minimum absolute atomic E-state index is 1.03. The molecule has 0 aliphatic heterocycles. The second kappa shape index (κ2) is 3.31. The Hall–Kier alpha value is -0.880. The lowest BCUT2D eigenvalue weighted by molar-refractivity contribution is -0.250. The molecule has 1 N–H and O–H groups in total. The van der Waals surface area contributed by atoms with Gasteiger partial charge >= 0.3 is 12.1 Å². The third-order valence-corrected chi connectivity index (χ3v) is 2.79. The minimum Gasteiger partial charge on any atom is -0.481 e. The van der Waals surface area contributed by atoms with Crippen molar-refractivity contribution in [2.75, 3.05) is 0 Å². The predicted molar refractivity (Wildman–Crippen MR) is 39.5 cm³/mol. The van der Waals surface area contributed by atoms with Gasteiger partial charge in [0, 0.05) is 12.8 Å². The van der Waals surface area contributed by atoms with Crippen molar-refractivity contribution in [2.45, 2.75) is 37.8 Å². The number of hydrogen-bond donors (Lipinski definition) is 1. The van der Waals surface area contributed by atoms with Gasteiger partial charge in [-0.3, -0.25) is 4.79 Å². The molecule has 0 radical (unpaired) electrons. The first-order chi connectivity index (χ1) is 6.61. The van der Waals surface area contributed by atoms with Crippen LogP contribution in [0.1, 0.15) is 25.7 Å². The molecule has 15 heavy (non-hydrogen) atoms. The van der Waals surface area contributed by atoms with E-state index in [-0.39, 0.29) is 0 Å². The smallest absolute Gasteiger partial charge is 0.404 e. The van der Waals surface area contributed by atoms with Gasteiger partial charge in [-0.1, -0.05) is 0 Å². The monoisotopic (exact) mass is 232 g/mol. The van der Waals surface area contributed by atoms with E-state index in [1.54, 1.807) is 0 Å². The first-order valence-corrected chi connectivity index (χ1v) is 4.29. The van der Waals surface area contributed by atoms with Crippen LogP contribution in [0.5, 0.6) is 0 Å². The summed E-state index contributed by atoms with van der Waals surface area (Å²) in [5.41, 5.74) is -2.99. The van der Waals surface area contributed by atoms with E-state index in [0.717, 1.165) is 0 Å². The van der Waals surface area contributed by atoms with E-state index < -0.39 is 49.2 Å². The van der Waals surface area contributed by atoms with Crippen LogP contribution in [0.4, 0.5) is 22.0 Å². The van der Waals surface area contributed by atoms with Crippen molar-refractivity contribution < 1.29 is 31.9 Å². The Balaban J connectivity index is 2.94. The van der Waals surface area contributed by atoms with Gasteiger partial charge in [-0.15, -0.1) is 0 Å². The number of rotatable bonds is 1. The van der Waals surface area contributed by atoms with Gasteiger partial charge in [0.2, 0.25) is 5.92 Å². The Morgan fingerprint density at radius 3 is 1.73 bits per heavy atom.